The van der Waals surface area contributed by atoms with Gasteiger partial charge in [-0.2, -0.15) is 5.06 Å². The van der Waals surface area contributed by atoms with Crippen molar-refractivity contribution in [2.24, 2.45) is 11.7 Å². The van der Waals surface area contributed by atoms with Crippen LogP contribution in [-0.4, -0.2) is 29.5 Å². The molecule has 1 aliphatic rings. The maximum absolute atomic E-state index is 11.2. The van der Waals surface area contributed by atoms with E-state index in [0.29, 0.717) is 6.54 Å². The monoisotopic (exact) mass is 172 g/mol. The third-order valence-corrected chi connectivity index (χ3v) is 1.84. The van der Waals surface area contributed by atoms with Gasteiger partial charge in [0, 0.05) is 12.8 Å². The van der Waals surface area contributed by atoms with Gasteiger partial charge in [0.05, 0.1) is 12.6 Å². The van der Waals surface area contributed by atoms with Gasteiger partial charge in [0.1, 0.15) is 0 Å². The minimum absolute atomic E-state index is 0.0387. The maximum Gasteiger partial charge on any atom is 0.329 e. The van der Waals surface area contributed by atoms with Gasteiger partial charge in [-0.3, -0.25) is 9.59 Å². The minimum atomic E-state index is -0.538. The molecule has 0 radical (unpaired) electrons. The molecule has 0 unspecified atom stereocenters. The number of amides is 1. The molecule has 0 bridgehead atoms. The third kappa shape index (κ3) is 1.55. The molecule has 0 aromatic rings. The summed E-state index contributed by atoms with van der Waals surface area (Å²) in [5.41, 5.74) is 5.51. The molecule has 1 fully saturated rings. The van der Waals surface area contributed by atoms with Crippen molar-refractivity contribution in [3.05, 3.63) is 0 Å². The van der Waals surface area contributed by atoms with E-state index in [0.717, 1.165) is 5.06 Å². The molecule has 1 amide bonds. The summed E-state index contributed by atoms with van der Waals surface area (Å²) in [5.74, 6) is -0.779. The van der Waals surface area contributed by atoms with Crippen LogP contribution in [0.1, 0.15) is 13.8 Å². The second kappa shape index (κ2) is 3.10. The summed E-state index contributed by atoms with van der Waals surface area (Å²) in [6.07, 6.45) is 0. The Balaban J connectivity index is 2.59. The van der Waals surface area contributed by atoms with Gasteiger partial charge in [0.15, 0.2) is 0 Å². The normalized spacial score (nSPS) is 29.2. The summed E-state index contributed by atoms with van der Waals surface area (Å²) in [6, 6.07) is -0.538. The van der Waals surface area contributed by atoms with E-state index in [9.17, 15) is 9.59 Å². The first-order chi connectivity index (χ1) is 5.52. The standard InChI is InChI=1S/C7H12N2O3/c1-4-3-9(12-5(2)10)7(11)6(4)8/h4,6H,3,8H2,1-2H3/t4-,6-/m0/s1. The zero-order valence-electron chi connectivity index (χ0n) is 7.11. The SMILES string of the molecule is CC(=O)ON1C[C@H](C)[C@H](N)C1=O. The first-order valence-electron chi connectivity index (χ1n) is 3.78. The van der Waals surface area contributed by atoms with Crippen LogP contribution in [0, 0.1) is 5.92 Å². The Labute approximate surface area is 70.4 Å². The van der Waals surface area contributed by atoms with Crippen molar-refractivity contribution in [1.29, 1.82) is 0 Å². The number of rotatable bonds is 1. The highest BCUT2D eigenvalue weighted by atomic mass is 16.7. The van der Waals surface area contributed by atoms with Gasteiger partial charge in [-0.15, -0.1) is 0 Å². The Bertz CT molecular complexity index is 217. The smallest absolute Gasteiger partial charge is 0.329 e. The van der Waals surface area contributed by atoms with E-state index in [1.807, 2.05) is 6.92 Å². The predicted octanol–water partition coefficient (Wildman–Crippen LogP) is -0.730. The molecule has 1 heterocycles. The first-order valence-corrected chi connectivity index (χ1v) is 3.78. The first kappa shape index (κ1) is 8.99. The molecule has 5 heteroatoms. The topological polar surface area (TPSA) is 72.6 Å². The largest absolute Gasteiger partial charge is 0.338 e. The Morgan fingerprint density at radius 1 is 1.75 bits per heavy atom. The van der Waals surface area contributed by atoms with Crippen LogP contribution < -0.4 is 5.73 Å². The van der Waals surface area contributed by atoms with E-state index in [-0.39, 0.29) is 11.8 Å². The van der Waals surface area contributed by atoms with Gasteiger partial charge in [-0.25, -0.2) is 0 Å². The van der Waals surface area contributed by atoms with E-state index < -0.39 is 12.0 Å². The van der Waals surface area contributed by atoms with E-state index >= 15 is 0 Å². The molecule has 0 saturated carbocycles. The van der Waals surface area contributed by atoms with Crippen molar-refractivity contribution in [2.45, 2.75) is 19.9 Å². The quantitative estimate of drug-likeness (QED) is 0.566. The Morgan fingerprint density at radius 2 is 2.33 bits per heavy atom. The number of nitrogens with zero attached hydrogens (tertiary/aromatic N) is 1. The van der Waals surface area contributed by atoms with Gasteiger partial charge >= 0.3 is 5.97 Å². The molecule has 2 N–H and O–H groups in total. The summed E-state index contributed by atoms with van der Waals surface area (Å²) in [4.78, 5) is 26.3. The zero-order chi connectivity index (χ0) is 9.30. The van der Waals surface area contributed by atoms with Crippen molar-refractivity contribution < 1.29 is 14.4 Å². The van der Waals surface area contributed by atoms with Crippen molar-refractivity contribution in [2.75, 3.05) is 6.54 Å². The van der Waals surface area contributed by atoms with Crippen LogP contribution in [0.2, 0.25) is 0 Å². The fourth-order valence-electron chi connectivity index (χ4n) is 1.11. The Morgan fingerprint density at radius 3 is 2.67 bits per heavy atom. The molecule has 0 aliphatic carbocycles. The van der Waals surface area contributed by atoms with Gasteiger partial charge in [0.2, 0.25) is 0 Å². The van der Waals surface area contributed by atoms with Crippen LogP contribution in [-0.2, 0) is 14.4 Å². The number of hydrogen-bond acceptors (Lipinski definition) is 4. The van der Waals surface area contributed by atoms with Crippen LogP contribution in [0.4, 0.5) is 0 Å². The highest BCUT2D eigenvalue weighted by Crippen LogP contribution is 2.15. The fraction of sp³-hybridized carbons (Fsp3) is 0.714. The summed E-state index contributed by atoms with van der Waals surface area (Å²) >= 11 is 0. The number of nitrogens with two attached hydrogens (primary N) is 1. The number of carbonyl (C=O) groups is 2. The molecule has 12 heavy (non-hydrogen) atoms. The van der Waals surface area contributed by atoms with Gasteiger partial charge in [-0.1, -0.05) is 6.92 Å². The summed E-state index contributed by atoms with van der Waals surface area (Å²) in [6.45, 7) is 3.48. The fourth-order valence-corrected chi connectivity index (χ4v) is 1.11. The second-order valence-electron chi connectivity index (χ2n) is 2.99. The summed E-state index contributed by atoms with van der Waals surface area (Å²) in [5, 5.41) is 1.03. The maximum atomic E-state index is 11.2. The van der Waals surface area contributed by atoms with Crippen LogP contribution >= 0.6 is 0 Å². The lowest BCUT2D eigenvalue weighted by Gasteiger charge is -2.12. The van der Waals surface area contributed by atoms with Crippen molar-refractivity contribution >= 4 is 11.9 Å². The molecular formula is C7H12N2O3. The number of hydroxylamine groups is 2. The molecule has 5 nitrogen and oxygen atoms in total. The average molecular weight is 172 g/mol. The molecule has 68 valence electrons. The Kier molecular flexibility index (Phi) is 2.32. The van der Waals surface area contributed by atoms with Crippen LogP contribution in [0.25, 0.3) is 0 Å². The van der Waals surface area contributed by atoms with Crippen LogP contribution in [0.5, 0.6) is 0 Å². The highest BCUT2D eigenvalue weighted by molar-refractivity contribution is 5.84. The zero-order valence-corrected chi connectivity index (χ0v) is 7.11. The highest BCUT2D eigenvalue weighted by Gasteiger charge is 2.37. The molecular weight excluding hydrogens is 160 g/mol. The number of hydrogen-bond donors (Lipinski definition) is 1. The lowest BCUT2D eigenvalue weighted by molar-refractivity contribution is -0.191. The van der Waals surface area contributed by atoms with Crippen LogP contribution in [0.15, 0.2) is 0 Å². The van der Waals surface area contributed by atoms with E-state index in [1.165, 1.54) is 6.92 Å². The predicted molar refractivity (Wildman–Crippen MR) is 40.6 cm³/mol. The van der Waals surface area contributed by atoms with Gasteiger partial charge in [-0.05, 0) is 0 Å². The van der Waals surface area contributed by atoms with E-state index in [4.69, 9.17) is 5.73 Å². The van der Waals surface area contributed by atoms with Crippen molar-refractivity contribution in [3.63, 3.8) is 0 Å². The van der Waals surface area contributed by atoms with Crippen molar-refractivity contribution in [1.82, 2.24) is 5.06 Å². The van der Waals surface area contributed by atoms with E-state index in [1.54, 1.807) is 0 Å². The molecule has 0 aromatic carbocycles. The third-order valence-electron chi connectivity index (χ3n) is 1.84. The van der Waals surface area contributed by atoms with Crippen molar-refractivity contribution in [3.8, 4) is 0 Å². The summed E-state index contributed by atoms with van der Waals surface area (Å²) < 4.78 is 0. The second-order valence-corrected chi connectivity index (χ2v) is 2.99. The summed E-state index contributed by atoms with van der Waals surface area (Å²) in [7, 11) is 0. The molecule has 1 rings (SSSR count). The molecule has 0 spiro atoms. The molecule has 0 aromatic heterocycles. The molecule has 1 aliphatic heterocycles. The lowest BCUT2D eigenvalue weighted by atomic mass is 10.1. The van der Waals surface area contributed by atoms with Gasteiger partial charge < -0.3 is 10.6 Å². The lowest BCUT2D eigenvalue weighted by Crippen LogP contribution is -2.36. The van der Waals surface area contributed by atoms with E-state index in [2.05, 4.69) is 4.84 Å². The average Bonchev–Trinajstić information content (AvgIpc) is 2.17. The minimum Gasteiger partial charge on any atom is -0.338 e. The van der Waals surface area contributed by atoms with Crippen LogP contribution in [0.3, 0.4) is 0 Å². The molecule has 1 saturated heterocycles. The molecule has 2 atom stereocenters. The Hall–Kier alpha value is -1.10. The number of carbonyl (C=O) groups excluding carboxylic acids is 2. The van der Waals surface area contributed by atoms with Gasteiger partial charge in [0.25, 0.3) is 5.91 Å².